The lowest BCUT2D eigenvalue weighted by Crippen LogP contribution is -2.48. The van der Waals surface area contributed by atoms with Crippen molar-refractivity contribution >= 4 is 11.6 Å². The first kappa shape index (κ1) is 12.4. The molecule has 18 heavy (non-hydrogen) atoms. The van der Waals surface area contributed by atoms with Crippen molar-refractivity contribution in [3.63, 3.8) is 0 Å². The molecular formula is C11H14N4O3. The van der Waals surface area contributed by atoms with Crippen LogP contribution in [0.3, 0.4) is 0 Å². The molecule has 0 unspecified atom stereocenters. The van der Waals surface area contributed by atoms with Crippen molar-refractivity contribution in [1.29, 1.82) is 0 Å². The maximum atomic E-state index is 11.9. The van der Waals surface area contributed by atoms with Crippen LogP contribution in [0.25, 0.3) is 0 Å². The molecule has 2 N–H and O–H groups in total. The summed E-state index contributed by atoms with van der Waals surface area (Å²) in [6.45, 7) is 4.02. The zero-order valence-corrected chi connectivity index (χ0v) is 9.97. The summed E-state index contributed by atoms with van der Waals surface area (Å²) < 4.78 is 0. The lowest BCUT2D eigenvalue weighted by atomic mass is 10.0. The Morgan fingerprint density at radius 1 is 1.67 bits per heavy atom. The number of pyridine rings is 1. The number of rotatable bonds is 4. The number of carbonyl (C=O) groups excluding carboxylic acids is 1. The summed E-state index contributed by atoms with van der Waals surface area (Å²) in [7, 11) is 0. The summed E-state index contributed by atoms with van der Waals surface area (Å²) in [5, 5.41) is 16.5. The van der Waals surface area contributed by atoms with Crippen LogP contribution in [0, 0.1) is 23.0 Å². The Bertz CT molecular complexity index is 485. The van der Waals surface area contributed by atoms with E-state index < -0.39 is 4.92 Å². The van der Waals surface area contributed by atoms with Gasteiger partial charge in [-0.3, -0.25) is 19.9 Å². The minimum atomic E-state index is -0.556. The Hall–Kier alpha value is -2.02. The second-order valence-corrected chi connectivity index (χ2v) is 4.32. The topological polar surface area (TPSA) is 97.2 Å². The van der Waals surface area contributed by atoms with E-state index in [1.54, 1.807) is 6.92 Å². The van der Waals surface area contributed by atoms with Crippen LogP contribution in [0.5, 0.6) is 0 Å². The summed E-state index contributed by atoms with van der Waals surface area (Å²) in [5.41, 5.74) is 0.581. The van der Waals surface area contributed by atoms with Gasteiger partial charge in [0.05, 0.1) is 16.2 Å². The zero-order chi connectivity index (χ0) is 13.1. The van der Waals surface area contributed by atoms with Crippen LogP contribution in [0.4, 0.5) is 5.69 Å². The van der Waals surface area contributed by atoms with E-state index >= 15 is 0 Å². The van der Waals surface area contributed by atoms with Gasteiger partial charge in [0.15, 0.2) is 0 Å². The molecule has 7 heteroatoms. The molecule has 0 saturated carbocycles. The predicted octanol–water partition coefficient (Wildman–Crippen LogP) is 0.247. The van der Waals surface area contributed by atoms with E-state index in [1.165, 1.54) is 6.07 Å². The maximum absolute atomic E-state index is 11.9. The van der Waals surface area contributed by atoms with Crippen molar-refractivity contribution in [2.75, 3.05) is 19.6 Å². The monoisotopic (exact) mass is 250 g/mol. The van der Waals surface area contributed by atoms with Gasteiger partial charge < -0.3 is 10.6 Å². The van der Waals surface area contributed by atoms with Crippen LogP contribution in [-0.4, -0.2) is 35.4 Å². The number of hydrogen-bond acceptors (Lipinski definition) is 5. The van der Waals surface area contributed by atoms with Crippen LogP contribution >= 0.6 is 0 Å². The third kappa shape index (κ3) is 2.62. The van der Waals surface area contributed by atoms with E-state index in [0.717, 1.165) is 19.3 Å². The minimum absolute atomic E-state index is 0.170. The maximum Gasteiger partial charge on any atom is 0.288 e. The van der Waals surface area contributed by atoms with Gasteiger partial charge in [-0.2, -0.15) is 0 Å². The van der Waals surface area contributed by atoms with Crippen molar-refractivity contribution in [2.24, 2.45) is 5.92 Å². The standard InChI is InChI=1S/C11H14N4O3/c1-7-10(2-9(6-13-7)15(17)18)11(16)14-5-8-3-12-4-8/h2,6,8,12H,3-5H2,1H3,(H,14,16). The number of nitro groups is 1. The molecular weight excluding hydrogens is 236 g/mol. The van der Waals surface area contributed by atoms with Crippen molar-refractivity contribution in [1.82, 2.24) is 15.6 Å². The highest BCUT2D eigenvalue weighted by atomic mass is 16.6. The van der Waals surface area contributed by atoms with Gasteiger partial charge >= 0.3 is 0 Å². The summed E-state index contributed by atoms with van der Waals surface area (Å²) >= 11 is 0. The third-order valence-electron chi connectivity index (χ3n) is 2.95. The van der Waals surface area contributed by atoms with E-state index in [4.69, 9.17) is 0 Å². The molecule has 1 aliphatic heterocycles. The van der Waals surface area contributed by atoms with Crippen LogP contribution in [0.1, 0.15) is 16.1 Å². The molecule has 1 aliphatic rings. The number of nitrogens with one attached hydrogen (secondary N) is 2. The van der Waals surface area contributed by atoms with Crippen molar-refractivity contribution in [3.8, 4) is 0 Å². The summed E-state index contributed by atoms with van der Waals surface area (Å²) in [6.07, 6.45) is 1.15. The molecule has 0 aromatic carbocycles. The number of carbonyl (C=O) groups is 1. The molecule has 2 heterocycles. The van der Waals surface area contributed by atoms with Crippen LogP contribution in [-0.2, 0) is 0 Å². The first-order valence-electron chi connectivity index (χ1n) is 5.68. The van der Waals surface area contributed by atoms with Crippen molar-refractivity contribution in [3.05, 3.63) is 33.6 Å². The Balaban J connectivity index is 2.07. The van der Waals surface area contributed by atoms with E-state index in [1.807, 2.05) is 0 Å². The highest BCUT2D eigenvalue weighted by Crippen LogP contribution is 2.14. The number of amides is 1. The minimum Gasteiger partial charge on any atom is -0.352 e. The van der Waals surface area contributed by atoms with Gasteiger partial charge in [0.1, 0.15) is 6.20 Å². The molecule has 1 fully saturated rings. The first-order valence-corrected chi connectivity index (χ1v) is 5.68. The fourth-order valence-corrected chi connectivity index (χ4v) is 1.68. The Morgan fingerprint density at radius 3 is 2.94 bits per heavy atom. The Kier molecular flexibility index (Phi) is 3.52. The molecule has 0 bridgehead atoms. The van der Waals surface area contributed by atoms with Gasteiger partial charge in [-0.05, 0) is 6.92 Å². The van der Waals surface area contributed by atoms with Gasteiger partial charge in [-0.1, -0.05) is 0 Å². The zero-order valence-electron chi connectivity index (χ0n) is 9.97. The van der Waals surface area contributed by atoms with Crippen molar-refractivity contribution in [2.45, 2.75) is 6.92 Å². The molecule has 0 radical (unpaired) electrons. The lowest BCUT2D eigenvalue weighted by Gasteiger charge is -2.27. The van der Waals surface area contributed by atoms with Crippen LogP contribution < -0.4 is 10.6 Å². The number of hydrogen-bond donors (Lipinski definition) is 2. The third-order valence-corrected chi connectivity index (χ3v) is 2.95. The van der Waals surface area contributed by atoms with E-state index in [9.17, 15) is 14.9 Å². The average molecular weight is 250 g/mol. The smallest absolute Gasteiger partial charge is 0.288 e. The molecule has 0 aliphatic carbocycles. The normalized spacial score (nSPS) is 14.9. The average Bonchev–Trinajstić information content (AvgIpc) is 2.26. The van der Waals surface area contributed by atoms with Gasteiger partial charge in [-0.15, -0.1) is 0 Å². The first-order chi connectivity index (χ1) is 8.58. The van der Waals surface area contributed by atoms with Gasteiger partial charge in [0, 0.05) is 31.6 Å². The summed E-state index contributed by atoms with van der Waals surface area (Å²) in [4.78, 5) is 25.8. The Morgan fingerprint density at radius 2 is 2.39 bits per heavy atom. The second-order valence-electron chi connectivity index (χ2n) is 4.32. The highest BCUT2D eigenvalue weighted by Gasteiger charge is 2.20. The molecule has 1 aromatic heterocycles. The molecule has 1 amide bonds. The molecule has 96 valence electrons. The van der Waals surface area contributed by atoms with Crippen LogP contribution in [0.15, 0.2) is 12.3 Å². The molecule has 0 atom stereocenters. The fourth-order valence-electron chi connectivity index (χ4n) is 1.68. The predicted molar refractivity (Wildman–Crippen MR) is 64.3 cm³/mol. The highest BCUT2D eigenvalue weighted by molar-refractivity contribution is 5.95. The van der Waals surface area contributed by atoms with Gasteiger partial charge in [0.2, 0.25) is 0 Å². The molecule has 0 spiro atoms. The number of nitrogens with zero attached hydrogens (tertiary/aromatic N) is 2. The van der Waals surface area contributed by atoms with Crippen LogP contribution in [0.2, 0.25) is 0 Å². The lowest BCUT2D eigenvalue weighted by molar-refractivity contribution is -0.385. The number of aryl methyl sites for hydroxylation is 1. The molecule has 1 aromatic rings. The summed E-state index contributed by atoms with van der Waals surface area (Å²) in [5.74, 6) is 0.136. The molecule has 2 rings (SSSR count). The van der Waals surface area contributed by atoms with E-state index in [-0.39, 0.29) is 17.2 Å². The largest absolute Gasteiger partial charge is 0.352 e. The molecule has 7 nitrogen and oxygen atoms in total. The van der Waals surface area contributed by atoms with Gasteiger partial charge in [-0.25, -0.2) is 0 Å². The quantitative estimate of drug-likeness (QED) is 0.589. The van der Waals surface area contributed by atoms with E-state index in [2.05, 4.69) is 15.6 Å². The molecule has 1 saturated heterocycles. The second kappa shape index (κ2) is 5.09. The van der Waals surface area contributed by atoms with Gasteiger partial charge in [0.25, 0.3) is 11.6 Å². The Labute approximate surface area is 104 Å². The SMILES string of the molecule is Cc1ncc([N+](=O)[O-])cc1C(=O)NCC1CNC1. The number of aromatic nitrogens is 1. The summed E-state index contributed by atoms with van der Waals surface area (Å²) in [6, 6.07) is 1.26. The fraction of sp³-hybridized carbons (Fsp3) is 0.455. The van der Waals surface area contributed by atoms with Crippen molar-refractivity contribution < 1.29 is 9.72 Å². The van der Waals surface area contributed by atoms with E-state index in [0.29, 0.717) is 18.2 Å².